The average Bonchev–Trinajstić information content (AvgIpc) is 2.83. The summed E-state index contributed by atoms with van der Waals surface area (Å²) in [5.41, 5.74) is 2.03. The highest BCUT2D eigenvalue weighted by Crippen LogP contribution is 2.25. The summed E-state index contributed by atoms with van der Waals surface area (Å²) in [4.78, 5) is 19.1. The summed E-state index contributed by atoms with van der Waals surface area (Å²) in [7, 11) is 3.19. The van der Waals surface area contributed by atoms with E-state index in [2.05, 4.69) is 9.97 Å². The van der Waals surface area contributed by atoms with Gasteiger partial charge in [-0.2, -0.15) is 0 Å². The Kier molecular flexibility index (Phi) is 3.35. The molecule has 3 aromatic rings. The Hall–Kier alpha value is -2.76. The van der Waals surface area contributed by atoms with Crippen LogP contribution in [0.15, 0.2) is 41.3 Å². The second-order valence-corrected chi connectivity index (χ2v) is 4.57. The van der Waals surface area contributed by atoms with Crippen LogP contribution < -0.4 is 15.2 Å². The predicted octanol–water partition coefficient (Wildman–Crippen LogP) is 1.79. The third-order valence-corrected chi connectivity index (χ3v) is 3.35. The molecule has 1 N–H and O–H groups in total. The van der Waals surface area contributed by atoms with Crippen molar-refractivity contribution in [2.45, 2.75) is 6.54 Å². The van der Waals surface area contributed by atoms with E-state index in [1.165, 1.54) is 0 Å². The molecule has 0 aliphatic carbocycles. The monoisotopic (exact) mass is 285 g/mol. The second kappa shape index (κ2) is 5.32. The molecular weight excluding hydrogens is 270 g/mol. The summed E-state index contributed by atoms with van der Waals surface area (Å²) >= 11 is 0. The molecule has 2 aromatic heterocycles. The summed E-state index contributed by atoms with van der Waals surface area (Å²) in [5, 5.41) is 0. The standard InChI is InChI=1S/C15H15N3O3/c1-20-11-6-5-10(13(8-11)21-2)9-18-14-12(17-15(18)19)4-3-7-16-14/h3-8H,9H2,1-2H3,(H,17,19). The first-order valence-corrected chi connectivity index (χ1v) is 6.47. The van der Waals surface area contributed by atoms with Gasteiger partial charge in [0, 0.05) is 17.8 Å². The van der Waals surface area contributed by atoms with Crippen LogP contribution >= 0.6 is 0 Å². The molecule has 6 heteroatoms. The van der Waals surface area contributed by atoms with Gasteiger partial charge in [-0.1, -0.05) is 0 Å². The van der Waals surface area contributed by atoms with Crippen molar-refractivity contribution in [2.75, 3.05) is 14.2 Å². The summed E-state index contributed by atoms with van der Waals surface area (Å²) in [6, 6.07) is 9.13. The molecule has 0 aliphatic rings. The number of rotatable bonds is 4. The van der Waals surface area contributed by atoms with Gasteiger partial charge in [0.1, 0.15) is 11.5 Å². The van der Waals surface area contributed by atoms with Crippen molar-refractivity contribution in [1.29, 1.82) is 0 Å². The molecule has 0 bridgehead atoms. The molecule has 0 unspecified atom stereocenters. The van der Waals surface area contributed by atoms with Crippen molar-refractivity contribution in [3.8, 4) is 11.5 Å². The molecule has 3 rings (SSSR count). The Labute approximate surface area is 121 Å². The van der Waals surface area contributed by atoms with Crippen LogP contribution in [0.4, 0.5) is 0 Å². The zero-order valence-corrected chi connectivity index (χ0v) is 11.8. The van der Waals surface area contributed by atoms with Crippen LogP contribution in [0.25, 0.3) is 11.2 Å². The lowest BCUT2D eigenvalue weighted by atomic mass is 10.2. The number of hydrogen-bond acceptors (Lipinski definition) is 4. The van der Waals surface area contributed by atoms with Crippen LogP contribution in [0.3, 0.4) is 0 Å². The van der Waals surface area contributed by atoms with Gasteiger partial charge in [-0.3, -0.25) is 4.57 Å². The van der Waals surface area contributed by atoms with Gasteiger partial charge in [-0.05, 0) is 24.3 Å². The zero-order valence-electron chi connectivity index (χ0n) is 11.8. The molecular formula is C15H15N3O3. The van der Waals surface area contributed by atoms with Gasteiger partial charge < -0.3 is 14.5 Å². The van der Waals surface area contributed by atoms with E-state index in [9.17, 15) is 4.79 Å². The molecule has 0 atom stereocenters. The van der Waals surface area contributed by atoms with E-state index in [1.54, 1.807) is 37.1 Å². The second-order valence-electron chi connectivity index (χ2n) is 4.57. The Morgan fingerprint density at radius 1 is 1.24 bits per heavy atom. The number of aromatic nitrogens is 3. The fourth-order valence-electron chi connectivity index (χ4n) is 2.29. The molecule has 108 valence electrons. The van der Waals surface area contributed by atoms with Gasteiger partial charge in [0.15, 0.2) is 5.65 Å². The maximum Gasteiger partial charge on any atom is 0.327 e. The molecule has 0 spiro atoms. The highest BCUT2D eigenvalue weighted by Gasteiger charge is 2.11. The fraction of sp³-hybridized carbons (Fsp3) is 0.200. The summed E-state index contributed by atoms with van der Waals surface area (Å²) in [6.45, 7) is 0.378. The molecule has 0 saturated carbocycles. The number of H-pyrrole nitrogens is 1. The number of methoxy groups -OCH3 is 2. The Balaban J connectivity index is 2.06. The van der Waals surface area contributed by atoms with Crippen molar-refractivity contribution >= 4 is 11.2 Å². The van der Waals surface area contributed by atoms with Gasteiger partial charge in [-0.25, -0.2) is 9.78 Å². The van der Waals surface area contributed by atoms with E-state index < -0.39 is 0 Å². The van der Waals surface area contributed by atoms with E-state index in [0.29, 0.717) is 23.7 Å². The summed E-state index contributed by atoms with van der Waals surface area (Å²) < 4.78 is 12.1. The molecule has 0 saturated heterocycles. The first-order chi connectivity index (χ1) is 10.2. The highest BCUT2D eigenvalue weighted by molar-refractivity contribution is 5.70. The number of nitrogens with zero attached hydrogens (tertiary/aromatic N) is 2. The fourth-order valence-corrected chi connectivity index (χ4v) is 2.29. The maximum absolute atomic E-state index is 12.1. The summed E-state index contributed by atoms with van der Waals surface area (Å²) in [6.07, 6.45) is 1.66. The van der Waals surface area contributed by atoms with E-state index in [1.807, 2.05) is 18.2 Å². The number of hydrogen-bond donors (Lipinski definition) is 1. The third-order valence-electron chi connectivity index (χ3n) is 3.35. The molecule has 21 heavy (non-hydrogen) atoms. The smallest absolute Gasteiger partial charge is 0.327 e. The zero-order chi connectivity index (χ0) is 14.8. The maximum atomic E-state index is 12.1. The normalized spacial score (nSPS) is 10.8. The number of pyridine rings is 1. The lowest BCUT2D eigenvalue weighted by Gasteiger charge is -2.10. The third kappa shape index (κ3) is 2.35. The van der Waals surface area contributed by atoms with Crippen LogP contribution in [0.5, 0.6) is 11.5 Å². The number of aromatic amines is 1. The van der Waals surface area contributed by atoms with Crippen LogP contribution in [0, 0.1) is 0 Å². The number of nitrogens with one attached hydrogen (secondary N) is 1. The van der Waals surface area contributed by atoms with E-state index in [0.717, 1.165) is 11.1 Å². The molecule has 6 nitrogen and oxygen atoms in total. The minimum Gasteiger partial charge on any atom is -0.497 e. The van der Waals surface area contributed by atoms with E-state index in [-0.39, 0.29) is 5.69 Å². The van der Waals surface area contributed by atoms with Crippen LogP contribution in [0.1, 0.15) is 5.56 Å². The van der Waals surface area contributed by atoms with E-state index >= 15 is 0 Å². The predicted molar refractivity (Wildman–Crippen MR) is 79.0 cm³/mol. The summed E-state index contributed by atoms with van der Waals surface area (Å²) in [5.74, 6) is 1.38. The number of fused-ring (bicyclic) bond motifs is 1. The van der Waals surface area contributed by atoms with Crippen LogP contribution in [-0.2, 0) is 6.54 Å². The molecule has 0 amide bonds. The first kappa shape index (κ1) is 13.2. The number of benzene rings is 1. The molecule has 0 fully saturated rings. The Morgan fingerprint density at radius 3 is 2.86 bits per heavy atom. The number of imidazole rings is 1. The lowest BCUT2D eigenvalue weighted by Crippen LogP contribution is -2.18. The largest absolute Gasteiger partial charge is 0.497 e. The van der Waals surface area contributed by atoms with Gasteiger partial charge in [0.2, 0.25) is 0 Å². The quantitative estimate of drug-likeness (QED) is 0.793. The molecule has 0 radical (unpaired) electrons. The topological polar surface area (TPSA) is 69.1 Å². The molecule has 2 heterocycles. The van der Waals surface area contributed by atoms with Crippen molar-refractivity contribution in [2.24, 2.45) is 0 Å². The van der Waals surface area contributed by atoms with Crippen molar-refractivity contribution in [1.82, 2.24) is 14.5 Å². The minimum absolute atomic E-state index is 0.193. The van der Waals surface area contributed by atoms with Crippen molar-refractivity contribution < 1.29 is 9.47 Å². The number of ether oxygens (including phenoxy) is 2. The Morgan fingerprint density at radius 2 is 2.10 bits per heavy atom. The molecule has 0 aliphatic heterocycles. The first-order valence-electron chi connectivity index (χ1n) is 6.47. The van der Waals surface area contributed by atoms with Crippen molar-refractivity contribution in [3.63, 3.8) is 0 Å². The minimum atomic E-state index is -0.193. The Bertz CT molecular complexity index is 836. The van der Waals surface area contributed by atoms with Crippen molar-refractivity contribution in [3.05, 3.63) is 52.6 Å². The van der Waals surface area contributed by atoms with Gasteiger partial charge in [0.25, 0.3) is 0 Å². The lowest BCUT2D eigenvalue weighted by molar-refractivity contribution is 0.390. The van der Waals surface area contributed by atoms with Gasteiger partial charge in [0.05, 0.1) is 26.3 Å². The van der Waals surface area contributed by atoms with Gasteiger partial charge >= 0.3 is 5.69 Å². The molecule has 1 aromatic carbocycles. The SMILES string of the molecule is COc1ccc(Cn2c(=O)[nH]c3cccnc32)c(OC)c1. The van der Waals surface area contributed by atoms with Crippen LogP contribution in [0.2, 0.25) is 0 Å². The van der Waals surface area contributed by atoms with Crippen LogP contribution in [-0.4, -0.2) is 28.8 Å². The van der Waals surface area contributed by atoms with Gasteiger partial charge in [-0.15, -0.1) is 0 Å². The average molecular weight is 285 g/mol. The highest BCUT2D eigenvalue weighted by atomic mass is 16.5. The van der Waals surface area contributed by atoms with E-state index in [4.69, 9.17) is 9.47 Å².